The van der Waals surface area contributed by atoms with Gasteiger partial charge in [0.05, 0.1) is 29.6 Å². The van der Waals surface area contributed by atoms with Crippen LogP contribution in [0, 0.1) is 0 Å². The smallest absolute Gasteiger partial charge is 0.265 e. The van der Waals surface area contributed by atoms with Gasteiger partial charge >= 0.3 is 0 Å². The number of hydrogen-bond acceptors (Lipinski definition) is 4. The van der Waals surface area contributed by atoms with Gasteiger partial charge in [-0.25, -0.2) is 9.97 Å². The Labute approximate surface area is 226 Å². The lowest BCUT2D eigenvalue weighted by atomic mass is 10.0. The van der Waals surface area contributed by atoms with Crippen molar-refractivity contribution in [2.75, 3.05) is 7.11 Å². The van der Waals surface area contributed by atoms with E-state index < -0.39 is 0 Å². The lowest BCUT2D eigenvalue weighted by Crippen LogP contribution is -2.23. The van der Waals surface area contributed by atoms with Gasteiger partial charge in [0, 0.05) is 22.7 Å². The van der Waals surface area contributed by atoms with E-state index in [-0.39, 0.29) is 5.56 Å². The monoisotopic (exact) mass is 507 g/mol. The van der Waals surface area contributed by atoms with Crippen molar-refractivity contribution in [3.05, 3.63) is 143 Å². The van der Waals surface area contributed by atoms with Gasteiger partial charge < -0.3 is 4.74 Å². The molecule has 0 unspecified atom stereocenters. The summed E-state index contributed by atoms with van der Waals surface area (Å²) < 4.78 is 7.14. The summed E-state index contributed by atoms with van der Waals surface area (Å²) in [6.07, 6.45) is 5.42. The van der Waals surface area contributed by atoms with Crippen LogP contribution in [-0.4, -0.2) is 21.6 Å². The second kappa shape index (κ2) is 10.6. The number of rotatable bonds is 6. The van der Waals surface area contributed by atoms with Crippen molar-refractivity contribution in [2.45, 2.75) is 0 Å². The summed E-state index contributed by atoms with van der Waals surface area (Å²) in [5.41, 5.74) is 5.60. The summed E-state index contributed by atoms with van der Waals surface area (Å²) in [7, 11) is 1.65. The molecule has 2 heterocycles. The van der Waals surface area contributed by atoms with Crippen LogP contribution in [0.15, 0.2) is 126 Å². The molecule has 6 rings (SSSR count). The van der Waals surface area contributed by atoms with Gasteiger partial charge in [-0.05, 0) is 48.0 Å². The molecule has 0 radical (unpaired) electrons. The molecule has 2 aromatic heterocycles. The van der Waals surface area contributed by atoms with E-state index in [4.69, 9.17) is 14.7 Å². The topological polar surface area (TPSA) is 57.0 Å². The normalized spacial score (nSPS) is 11.2. The molecular formula is C34H25N3O2. The molecule has 5 nitrogen and oxygen atoms in total. The van der Waals surface area contributed by atoms with Crippen LogP contribution in [0.4, 0.5) is 0 Å². The molecule has 0 aliphatic rings. The zero-order valence-corrected chi connectivity index (χ0v) is 21.4. The Kier molecular flexibility index (Phi) is 6.54. The van der Waals surface area contributed by atoms with Crippen molar-refractivity contribution in [1.29, 1.82) is 0 Å². The van der Waals surface area contributed by atoms with Crippen LogP contribution in [0.2, 0.25) is 0 Å². The highest BCUT2D eigenvalue weighted by Crippen LogP contribution is 2.29. The van der Waals surface area contributed by atoms with Crippen molar-refractivity contribution < 1.29 is 4.74 Å². The fourth-order valence-corrected chi connectivity index (χ4v) is 4.62. The van der Waals surface area contributed by atoms with Gasteiger partial charge in [-0.3, -0.25) is 9.36 Å². The van der Waals surface area contributed by atoms with Crippen molar-refractivity contribution in [1.82, 2.24) is 14.5 Å². The number of methoxy groups -OCH3 is 1. The average Bonchev–Trinajstić information content (AvgIpc) is 3.01. The minimum Gasteiger partial charge on any atom is -0.497 e. The van der Waals surface area contributed by atoms with Crippen LogP contribution in [0.25, 0.3) is 51.4 Å². The summed E-state index contributed by atoms with van der Waals surface area (Å²) in [5.74, 6) is 1.33. The minimum atomic E-state index is -0.148. The van der Waals surface area contributed by atoms with E-state index in [1.807, 2.05) is 127 Å². The molecule has 0 aliphatic heterocycles. The van der Waals surface area contributed by atoms with Crippen LogP contribution >= 0.6 is 0 Å². The standard InChI is InChI=1S/C34H25N3O2/c1-39-29-19-20-31-30(22-29)26(21-32(36-31)24-11-5-2-6-12-24)17-18-27-23-35-33(25-13-7-3-8-14-25)37(34(27)38)28-15-9-4-10-16-28/h2-23H,1H3/b18-17+. The maximum Gasteiger partial charge on any atom is 0.265 e. The molecular weight excluding hydrogens is 482 g/mol. The first kappa shape index (κ1) is 24.1. The summed E-state index contributed by atoms with van der Waals surface area (Å²) in [5, 5.41) is 0.933. The van der Waals surface area contributed by atoms with Gasteiger partial charge in [-0.15, -0.1) is 0 Å². The van der Waals surface area contributed by atoms with Crippen LogP contribution in [0.5, 0.6) is 5.75 Å². The second-order valence-electron chi connectivity index (χ2n) is 9.06. The predicted molar refractivity (Wildman–Crippen MR) is 158 cm³/mol. The van der Waals surface area contributed by atoms with Crippen molar-refractivity contribution in [2.24, 2.45) is 0 Å². The molecule has 0 amide bonds. The van der Waals surface area contributed by atoms with Gasteiger partial charge in [0.2, 0.25) is 0 Å². The molecule has 0 fully saturated rings. The number of benzene rings is 4. The van der Waals surface area contributed by atoms with Gasteiger partial charge in [0.1, 0.15) is 11.6 Å². The fourth-order valence-electron chi connectivity index (χ4n) is 4.62. The first-order chi connectivity index (χ1) is 19.2. The Morgan fingerprint density at radius 1 is 0.718 bits per heavy atom. The first-order valence-corrected chi connectivity index (χ1v) is 12.7. The summed E-state index contributed by atoms with van der Waals surface area (Å²) in [6.45, 7) is 0. The molecule has 0 N–H and O–H groups in total. The Bertz CT molecular complexity index is 1850. The molecule has 39 heavy (non-hydrogen) atoms. The van der Waals surface area contributed by atoms with E-state index in [2.05, 4.69) is 0 Å². The van der Waals surface area contributed by atoms with E-state index >= 15 is 0 Å². The van der Waals surface area contributed by atoms with Gasteiger partial charge in [-0.2, -0.15) is 0 Å². The van der Waals surface area contributed by atoms with Crippen LogP contribution in [0.3, 0.4) is 0 Å². The van der Waals surface area contributed by atoms with Gasteiger partial charge in [0.25, 0.3) is 5.56 Å². The Hall–Kier alpha value is -5.29. The summed E-state index contributed by atoms with van der Waals surface area (Å²) in [4.78, 5) is 23.5. The fraction of sp³-hybridized carbons (Fsp3) is 0.0294. The third-order valence-electron chi connectivity index (χ3n) is 6.59. The number of pyridine rings is 1. The van der Waals surface area contributed by atoms with Crippen LogP contribution in [0.1, 0.15) is 11.1 Å². The number of para-hydroxylation sites is 1. The predicted octanol–water partition coefficient (Wildman–Crippen LogP) is 7.29. The number of hydrogen-bond donors (Lipinski definition) is 0. The van der Waals surface area contributed by atoms with Crippen molar-refractivity contribution in [3.8, 4) is 34.1 Å². The van der Waals surface area contributed by atoms with Gasteiger partial charge in [0.15, 0.2) is 0 Å². The third-order valence-corrected chi connectivity index (χ3v) is 6.59. The highest BCUT2D eigenvalue weighted by atomic mass is 16.5. The Morgan fingerprint density at radius 3 is 2.05 bits per heavy atom. The van der Waals surface area contributed by atoms with Crippen molar-refractivity contribution >= 4 is 23.1 Å². The highest BCUT2D eigenvalue weighted by molar-refractivity contribution is 5.93. The first-order valence-electron chi connectivity index (χ1n) is 12.7. The zero-order valence-electron chi connectivity index (χ0n) is 21.4. The molecule has 0 aliphatic carbocycles. The maximum atomic E-state index is 13.9. The lowest BCUT2D eigenvalue weighted by Gasteiger charge is -2.13. The Balaban J connectivity index is 1.51. The van der Waals surface area contributed by atoms with Crippen LogP contribution in [-0.2, 0) is 0 Å². The molecule has 4 aromatic carbocycles. The molecule has 0 atom stereocenters. The lowest BCUT2D eigenvalue weighted by molar-refractivity contribution is 0.415. The van der Waals surface area contributed by atoms with Crippen LogP contribution < -0.4 is 10.3 Å². The van der Waals surface area contributed by atoms with E-state index in [0.717, 1.165) is 44.7 Å². The minimum absolute atomic E-state index is 0.148. The van der Waals surface area contributed by atoms with Gasteiger partial charge in [-0.1, -0.05) is 84.9 Å². The number of nitrogens with zero attached hydrogens (tertiary/aromatic N) is 3. The third kappa shape index (κ3) is 4.86. The number of fused-ring (bicyclic) bond motifs is 1. The maximum absolute atomic E-state index is 13.9. The SMILES string of the molecule is COc1ccc2nc(-c3ccccc3)cc(/C=C/c3cnc(-c4ccccc4)n(-c4ccccc4)c3=O)c2c1. The summed E-state index contributed by atoms with van der Waals surface area (Å²) in [6, 6.07) is 37.3. The molecule has 0 saturated heterocycles. The van der Waals surface area contributed by atoms with E-state index in [0.29, 0.717) is 11.4 Å². The molecule has 6 aromatic rings. The van der Waals surface area contributed by atoms with E-state index in [9.17, 15) is 4.79 Å². The van der Waals surface area contributed by atoms with E-state index in [1.54, 1.807) is 17.9 Å². The molecule has 188 valence electrons. The molecule has 0 bridgehead atoms. The second-order valence-corrected chi connectivity index (χ2v) is 9.06. The average molecular weight is 508 g/mol. The van der Waals surface area contributed by atoms with E-state index in [1.165, 1.54) is 0 Å². The highest BCUT2D eigenvalue weighted by Gasteiger charge is 2.13. The molecule has 0 saturated carbocycles. The molecule has 5 heteroatoms. The molecule has 0 spiro atoms. The zero-order chi connectivity index (χ0) is 26.6. The Morgan fingerprint density at radius 2 is 1.36 bits per heavy atom. The quantitative estimate of drug-likeness (QED) is 0.237. The number of aromatic nitrogens is 3. The van der Waals surface area contributed by atoms with Crippen molar-refractivity contribution in [3.63, 3.8) is 0 Å². The summed E-state index contributed by atoms with van der Waals surface area (Å²) >= 11 is 0. The number of ether oxygens (including phenoxy) is 1. The largest absolute Gasteiger partial charge is 0.497 e.